The minimum atomic E-state index is -0.648. The minimum Gasteiger partial charge on any atom is -0.384 e. The Labute approximate surface area is 84.5 Å². The van der Waals surface area contributed by atoms with Crippen LogP contribution in [0.3, 0.4) is 0 Å². The van der Waals surface area contributed by atoms with Crippen molar-refractivity contribution in [2.75, 3.05) is 7.11 Å². The predicted molar refractivity (Wildman–Crippen MR) is 53.9 cm³/mol. The molecular weight excluding hydrogens is 180 g/mol. The molecule has 1 aromatic rings. The lowest BCUT2D eigenvalue weighted by Crippen LogP contribution is -2.35. The highest BCUT2D eigenvalue weighted by atomic mass is 16.5. The van der Waals surface area contributed by atoms with Gasteiger partial charge in [-0.2, -0.15) is 5.10 Å². The van der Waals surface area contributed by atoms with E-state index < -0.39 is 11.7 Å². The summed E-state index contributed by atoms with van der Waals surface area (Å²) in [5.74, 6) is 0. The van der Waals surface area contributed by atoms with E-state index in [1.165, 1.54) is 0 Å². The standard InChI is InChI=1S/C10H18N2O2/c1-5-10(2,14-4)9(13)8-6-7-11-12(8)3/h6-7,9,13H,5H2,1-4H3. The van der Waals surface area contributed by atoms with Gasteiger partial charge in [0, 0.05) is 20.4 Å². The largest absolute Gasteiger partial charge is 0.384 e. The maximum Gasteiger partial charge on any atom is 0.124 e. The number of nitrogens with zero attached hydrogens (tertiary/aromatic N) is 2. The molecule has 0 radical (unpaired) electrons. The fraction of sp³-hybridized carbons (Fsp3) is 0.700. The molecule has 4 nitrogen and oxygen atoms in total. The molecule has 0 aliphatic rings. The molecule has 1 aromatic heterocycles. The Kier molecular flexibility index (Phi) is 3.29. The van der Waals surface area contributed by atoms with E-state index in [0.717, 1.165) is 12.1 Å². The van der Waals surface area contributed by atoms with Gasteiger partial charge in [-0.3, -0.25) is 4.68 Å². The van der Waals surface area contributed by atoms with E-state index in [1.807, 2.05) is 20.9 Å². The van der Waals surface area contributed by atoms with Crippen molar-refractivity contribution in [1.82, 2.24) is 9.78 Å². The first-order valence-electron chi connectivity index (χ1n) is 4.76. The maximum atomic E-state index is 10.1. The lowest BCUT2D eigenvalue weighted by molar-refractivity contribution is -0.0972. The number of methoxy groups -OCH3 is 1. The first-order valence-corrected chi connectivity index (χ1v) is 4.76. The molecule has 0 aromatic carbocycles. The zero-order chi connectivity index (χ0) is 10.8. The molecule has 80 valence electrons. The van der Waals surface area contributed by atoms with Crippen LogP contribution in [0, 0.1) is 0 Å². The highest BCUT2D eigenvalue weighted by Crippen LogP contribution is 2.30. The zero-order valence-corrected chi connectivity index (χ0v) is 9.19. The molecule has 0 aliphatic carbocycles. The van der Waals surface area contributed by atoms with Gasteiger partial charge in [0.15, 0.2) is 0 Å². The summed E-state index contributed by atoms with van der Waals surface area (Å²) in [5.41, 5.74) is 0.226. The van der Waals surface area contributed by atoms with Gasteiger partial charge in [0.05, 0.1) is 11.3 Å². The van der Waals surface area contributed by atoms with E-state index in [0.29, 0.717) is 0 Å². The summed E-state index contributed by atoms with van der Waals surface area (Å²) in [6, 6.07) is 1.80. The molecule has 0 bridgehead atoms. The Morgan fingerprint density at radius 2 is 2.36 bits per heavy atom. The van der Waals surface area contributed by atoms with Crippen LogP contribution in [0.5, 0.6) is 0 Å². The summed E-state index contributed by atoms with van der Waals surface area (Å²) < 4.78 is 7.00. The van der Waals surface area contributed by atoms with Crippen LogP contribution in [0.2, 0.25) is 0 Å². The molecule has 2 unspecified atom stereocenters. The first kappa shape index (κ1) is 11.2. The second kappa shape index (κ2) is 4.11. The van der Waals surface area contributed by atoms with E-state index in [4.69, 9.17) is 4.74 Å². The van der Waals surface area contributed by atoms with Crippen molar-refractivity contribution in [2.24, 2.45) is 7.05 Å². The van der Waals surface area contributed by atoms with Gasteiger partial charge < -0.3 is 9.84 Å². The Hall–Kier alpha value is -0.870. The average molecular weight is 198 g/mol. The lowest BCUT2D eigenvalue weighted by Gasteiger charge is -2.32. The summed E-state index contributed by atoms with van der Waals surface area (Å²) in [7, 11) is 3.42. The molecule has 1 heterocycles. The van der Waals surface area contributed by atoms with E-state index >= 15 is 0 Å². The van der Waals surface area contributed by atoms with E-state index in [-0.39, 0.29) is 0 Å². The number of aliphatic hydroxyl groups is 1. The third-order valence-electron chi connectivity index (χ3n) is 2.89. The lowest BCUT2D eigenvalue weighted by atomic mass is 9.93. The van der Waals surface area contributed by atoms with Crippen LogP contribution < -0.4 is 0 Å². The monoisotopic (exact) mass is 198 g/mol. The number of aryl methyl sites for hydroxylation is 1. The molecule has 0 saturated heterocycles. The van der Waals surface area contributed by atoms with Crippen molar-refractivity contribution >= 4 is 0 Å². The SMILES string of the molecule is CCC(C)(OC)C(O)c1ccnn1C. The molecule has 0 fully saturated rings. The topological polar surface area (TPSA) is 47.3 Å². The van der Waals surface area contributed by atoms with Gasteiger partial charge in [-0.1, -0.05) is 6.92 Å². The molecule has 0 aliphatic heterocycles. The number of hydrogen-bond donors (Lipinski definition) is 1. The van der Waals surface area contributed by atoms with Gasteiger partial charge in [-0.25, -0.2) is 0 Å². The van der Waals surface area contributed by atoms with E-state index in [2.05, 4.69) is 5.10 Å². The molecule has 0 saturated carbocycles. The fourth-order valence-electron chi connectivity index (χ4n) is 1.41. The van der Waals surface area contributed by atoms with Crippen molar-refractivity contribution in [3.8, 4) is 0 Å². The molecule has 0 amide bonds. The average Bonchev–Trinajstić information content (AvgIpc) is 2.62. The van der Waals surface area contributed by atoms with Crippen LogP contribution in [-0.4, -0.2) is 27.6 Å². The summed E-state index contributed by atoms with van der Waals surface area (Å²) in [6.45, 7) is 3.88. The van der Waals surface area contributed by atoms with Crippen molar-refractivity contribution in [3.63, 3.8) is 0 Å². The van der Waals surface area contributed by atoms with Gasteiger partial charge in [0.1, 0.15) is 6.10 Å². The quantitative estimate of drug-likeness (QED) is 0.792. The first-order chi connectivity index (χ1) is 6.55. The molecule has 4 heteroatoms. The van der Waals surface area contributed by atoms with Crippen LogP contribution in [0.4, 0.5) is 0 Å². The van der Waals surface area contributed by atoms with Crippen LogP contribution >= 0.6 is 0 Å². The Bertz CT molecular complexity index is 292. The maximum absolute atomic E-state index is 10.1. The molecule has 14 heavy (non-hydrogen) atoms. The van der Waals surface area contributed by atoms with Crippen LogP contribution in [0.15, 0.2) is 12.3 Å². The molecular formula is C10H18N2O2. The zero-order valence-electron chi connectivity index (χ0n) is 9.19. The fourth-order valence-corrected chi connectivity index (χ4v) is 1.41. The smallest absolute Gasteiger partial charge is 0.124 e. The Morgan fingerprint density at radius 3 is 2.71 bits per heavy atom. The number of aliphatic hydroxyl groups excluding tert-OH is 1. The van der Waals surface area contributed by atoms with Crippen molar-refractivity contribution in [1.29, 1.82) is 0 Å². The van der Waals surface area contributed by atoms with Gasteiger partial charge in [0.25, 0.3) is 0 Å². The van der Waals surface area contributed by atoms with Crippen molar-refractivity contribution in [3.05, 3.63) is 18.0 Å². The molecule has 0 spiro atoms. The van der Waals surface area contributed by atoms with Gasteiger partial charge in [-0.05, 0) is 19.4 Å². The summed E-state index contributed by atoms with van der Waals surface area (Å²) in [5, 5.41) is 14.1. The van der Waals surface area contributed by atoms with E-state index in [9.17, 15) is 5.11 Å². The third-order valence-corrected chi connectivity index (χ3v) is 2.89. The Balaban J connectivity index is 2.94. The second-order valence-corrected chi connectivity index (χ2v) is 3.65. The number of hydrogen-bond acceptors (Lipinski definition) is 3. The third kappa shape index (κ3) is 1.81. The normalized spacial score (nSPS) is 17.8. The summed E-state index contributed by atoms with van der Waals surface area (Å²) in [4.78, 5) is 0. The predicted octanol–water partition coefficient (Wildman–Crippen LogP) is 1.27. The van der Waals surface area contributed by atoms with Gasteiger partial charge in [0.2, 0.25) is 0 Å². The summed E-state index contributed by atoms with van der Waals surface area (Å²) in [6.07, 6.45) is 1.77. The van der Waals surface area contributed by atoms with Crippen molar-refractivity contribution < 1.29 is 9.84 Å². The van der Waals surface area contributed by atoms with Gasteiger partial charge >= 0.3 is 0 Å². The molecule has 2 atom stereocenters. The van der Waals surface area contributed by atoms with Crippen LogP contribution in [0.1, 0.15) is 32.1 Å². The molecule has 1 N–H and O–H groups in total. The van der Waals surface area contributed by atoms with E-state index in [1.54, 1.807) is 24.1 Å². The highest BCUT2D eigenvalue weighted by Gasteiger charge is 2.33. The van der Waals surface area contributed by atoms with Gasteiger partial charge in [-0.15, -0.1) is 0 Å². The van der Waals surface area contributed by atoms with Crippen LogP contribution in [-0.2, 0) is 11.8 Å². The number of rotatable bonds is 4. The number of aromatic nitrogens is 2. The second-order valence-electron chi connectivity index (χ2n) is 3.65. The minimum absolute atomic E-state index is 0.548. The Morgan fingerprint density at radius 1 is 1.71 bits per heavy atom. The molecule has 1 rings (SSSR count). The van der Waals surface area contributed by atoms with Crippen molar-refractivity contribution in [2.45, 2.75) is 32.0 Å². The number of ether oxygens (including phenoxy) is 1. The van der Waals surface area contributed by atoms with Crippen LogP contribution in [0.25, 0.3) is 0 Å². The highest BCUT2D eigenvalue weighted by molar-refractivity contribution is 5.09. The summed E-state index contributed by atoms with van der Waals surface area (Å²) >= 11 is 0.